The molecule has 1 unspecified atom stereocenters. The van der Waals surface area contributed by atoms with Crippen LogP contribution in [0.4, 0.5) is 0 Å². The van der Waals surface area contributed by atoms with Crippen LogP contribution in [0.15, 0.2) is 63.7 Å². The van der Waals surface area contributed by atoms with Crippen molar-refractivity contribution in [3.05, 3.63) is 66.1 Å². The summed E-state index contributed by atoms with van der Waals surface area (Å²) in [7, 11) is 0. The first-order valence-electron chi connectivity index (χ1n) is 7.13. The van der Waals surface area contributed by atoms with Gasteiger partial charge in [0.15, 0.2) is 11.5 Å². The molecule has 0 aliphatic heterocycles. The molecule has 2 heterocycles. The van der Waals surface area contributed by atoms with Gasteiger partial charge in [-0.25, -0.2) is 0 Å². The summed E-state index contributed by atoms with van der Waals surface area (Å²) >= 11 is 0. The summed E-state index contributed by atoms with van der Waals surface area (Å²) in [5, 5.41) is 16.8. The van der Waals surface area contributed by atoms with E-state index in [1.807, 2.05) is 18.2 Å². The molecule has 0 saturated heterocycles. The van der Waals surface area contributed by atoms with E-state index >= 15 is 0 Å². The second-order valence-electron chi connectivity index (χ2n) is 5.38. The highest BCUT2D eigenvalue weighted by Gasteiger charge is 2.24. The molecule has 3 rings (SSSR count). The van der Waals surface area contributed by atoms with Crippen molar-refractivity contribution in [2.24, 2.45) is 0 Å². The van der Waals surface area contributed by atoms with E-state index < -0.39 is 11.5 Å². The van der Waals surface area contributed by atoms with Crippen molar-refractivity contribution >= 4 is 5.91 Å². The van der Waals surface area contributed by atoms with Gasteiger partial charge in [-0.3, -0.25) is 4.79 Å². The Kier molecular flexibility index (Phi) is 3.99. The number of aliphatic hydroxyl groups is 1. The van der Waals surface area contributed by atoms with Crippen LogP contribution in [0.25, 0.3) is 11.5 Å². The third-order valence-electron chi connectivity index (χ3n) is 3.50. The fourth-order valence-electron chi connectivity index (χ4n) is 2.16. The minimum absolute atomic E-state index is 0.0544. The lowest BCUT2D eigenvalue weighted by Gasteiger charge is -2.23. The lowest BCUT2D eigenvalue weighted by molar-refractivity contribution is 0.0524. The predicted octanol–water partition coefficient (Wildman–Crippen LogP) is 2.57. The third kappa shape index (κ3) is 3.32. The van der Waals surface area contributed by atoms with Gasteiger partial charge in [0.2, 0.25) is 5.76 Å². The van der Waals surface area contributed by atoms with Crippen LogP contribution in [-0.4, -0.2) is 22.7 Å². The summed E-state index contributed by atoms with van der Waals surface area (Å²) in [6.45, 7) is 1.69. The van der Waals surface area contributed by atoms with Crippen LogP contribution in [0.2, 0.25) is 0 Å². The molecule has 23 heavy (non-hydrogen) atoms. The number of nitrogens with one attached hydrogen (secondary N) is 1. The Hall–Kier alpha value is -2.86. The lowest BCUT2D eigenvalue weighted by Crippen LogP contribution is -2.38. The summed E-state index contributed by atoms with van der Waals surface area (Å²) in [5.74, 6) is 0.436. The Morgan fingerprint density at radius 3 is 2.70 bits per heavy atom. The zero-order valence-electron chi connectivity index (χ0n) is 12.5. The maximum Gasteiger partial charge on any atom is 0.273 e. The van der Waals surface area contributed by atoms with Crippen molar-refractivity contribution < 1.29 is 18.8 Å². The zero-order chi connectivity index (χ0) is 16.3. The van der Waals surface area contributed by atoms with Crippen molar-refractivity contribution in [3.8, 4) is 11.5 Å². The van der Waals surface area contributed by atoms with Gasteiger partial charge in [0.25, 0.3) is 5.91 Å². The van der Waals surface area contributed by atoms with E-state index in [-0.39, 0.29) is 12.2 Å². The van der Waals surface area contributed by atoms with Gasteiger partial charge in [-0.15, -0.1) is 0 Å². The molecule has 6 heteroatoms. The van der Waals surface area contributed by atoms with Gasteiger partial charge in [-0.05, 0) is 24.6 Å². The molecule has 2 N–H and O–H groups in total. The molecular formula is C17H16N2O4. The summed E-state index contributed by atoms with van der Waals surface area (Å²) in [5.41, 5.74) is -0.332. The van der Waals surface area contributed by atoms with E-state index in [0.29, 0.717) is 11.5 Å². The van der Waals surface area contributed by atoms with Crippen LogP contribution < -0.4 is 5.32 Å². The molecular weight excluding hydrogens is 296 g/mol. The Bertz CT molecular complexity index is 776. The first kappa shape index (κ1) is 15.1. The molecule has 0 spiro atoms. The first-order valence-corrected chi connectivity index (χ1v) is 7.13. The normalized spacial score (nSPS) is 13.5. The van der Waals surface area contributed by atoms with Gasteiger partial charge in [0.05, 0.1) is 12.8 Å². The van der Waals surface area contributed by atoms with Crippen LogP contribution in [0.5, 0.6) is 0 Å². The van der Waals surface area contributed by atoms with Gasteiger partial charge in [0, 0.05) is 6.07 Å². The quantitative estimate of drug-likeness (QED) is 0.756. The van der Waals surface area contributed by atoms with E-state index in [1.165, 1.54) is 12.3 Å². The molecule has 0 radical (unpaired) electrons. The number of amides is 1. The molecule has 3 aromatic rings. The van der Waals surface area contributed by atoms with Gasteiger partial charge in [0.1, 0.15) is 5.60 Å². The minimum Gasteiger partial charge on any atom is -0.461 e. The molecule has 1 aromatic carbocycles. The average Bonchev–Trinajstić information content (AvgIpc) is 3.24. The average molecular weight is 312 g/mol. The van der Waals surface area contributed by atoms with Crippen LogP contribution in [-0.2, 0) is 5.60 Å². The highest BCUT2D eigenvalue weighted by Crippen LogP contribution is 2.21. The van der Waals surface area contributed by atoms with Gasteiger partial charge in [-0.2, -0.15) is 0 Å². The van der Waals surface area contributed by atoms with Crippen molar-refractivity contribution in [1.29, 1.82) is 0 Å². The molecule has 0 bridgehead atoms. The molecule has 0 saturated carbocycles. The summed E-state index contributed by atoms with van der Waals surface area (Å²) in [6, 6.07) is 14.1. The number of aromatic nitrogens is 1. The van der Waals surface area contributed by atoms with Crippen LogP contribution >= 0.6 is 0 Å². The summed E-state index contributed by atoms with van der Waals surface area (Å²) in [4.78, 5) is 12.1. The van der Waals surface area contributed by atoms with Crippen LogP contribution in [0.1, 0.15) is 23.0 Å². The predicted molar refractivity (Wildman–Crippen MR) is 82.6 cm³/mol. The molecule has 0 aliphatic carbocycles. The largest absolute Gasteiger partial charge is 0.461 e. The van der Waals surface area contributed by atoms with E-state index in [9.17, 15) is 9.90 Å². The monoisotopic (exact) mass is 312 g/mol. The Labute approximate surface area is 132 Å². The van der Waals surface area contributed by atoms with Gasteiger partial charge < -0.3 is 19.4 Å². The fraction of sp³-hybridized carbons (Fsp3) is 0.176. The van der Waals surface area contributed by atoms with Crippen LogP contribution in [0, 0.1) is 0 Å². The SMILES string of the molecule is CC(O)(CNC(=O)c1cc(-c2ccco2)on1)c1ccccc1. The molecule has 6 nitrogen and oxygen atoms in total. The minimum atomic E-state index is -1.18. The molecule has 0 fully saturated rings. The van der Waals surface area contributed by atoms with Crippen LogP contribution in [0.3, 0.4) is 0 Å². The number of carbonyl (C=O) groups is 1. The van der Waals surface area contributed by atoms with Crippen molar-refractivity contribution in [2.75, 3.05) is 6.54 Å². The fourth-order valence-corrected chi connectivity index (χ4v) is 2.16. The highest BCUT2D eigenvalue weighted by molar-refractivity contribution is 5.92. The molecule has 1 amide bonds. The van der Waals surface area contributed by atoms with E-state index in [0.717, 1.165) is 5.56 Å². The smallest absolute Gasteiger partial charge is 0.273 e. The highest BCUT2D eigenvalue weighted by atomic mass is 16.5. The topological polar surface area (TPSA) is 88.5 Å². The molecule has 2 aromatic heterocycles. The second kappa shape index (κ2) is 6.10. The number of nitrogens with zero attached hydrogens (tertiary/aromatic N) is 1. The first-order chi connectivity index (χ1) is 11.1. The maximum absolute atomic E-state index is 12.1. The summed E-state index contributed by atoms with van der Waals surface area (Å²) in [6.07, 6.45) is 1.51. The van der Waals surface area contributed by atoms with E-state index in [1.54, 1.807) is 31.2 Å². The number of furan rings is 1. The summed E-state index contributed by atoms with van der Waals surface area (Å²) < 4.78 is 10.3. The Balaban J connectivity index is 1.66. The van der Waals surface area contributed by atoms with Crippen molar-refractivity contribution in [3.63, 3.8) is 0 Å². The number of hydrogen-bond donors (Lipinski definition) is 2. The lowest BCUT2D eigenvalue weighted by atomic mass is 9.96. The molecule has 118 valence electrons. The van der Waals surface area contributed by atoms with Crippen molar-refractivity contribution in [1.82, 2.24) is 10.5 Å². The number of benzene rings is 1. The number of carbonyl (C=O) groups excluding carboxylic acids is 1. The van der Waals surface area contributed by atoms with E-state index in [4.69, 9.17) is 8.94 Å². The van der Waals surface area contributed by atoms with Gasteiger partial charge in [-0.1, -0.05) is 35.5 Å². The van der Waals surface area contributed by atoms with E-state index in [2.05, 4.69) is 10.5 Å². The third-order valence-corrected chi connectivity index (χ3v) is 3.50. The van der Waals surface area contributed by atoms with Gasteiger partial charge >= 0.3 is 0 Å². The maximum atomic E-state index is 12.1. The number of hydrogen-bond acceptors (Lipinski definition) is 5. The number of rotatable bonds is 5. The zero-order valence-corrected chi connectivity index (χ0v) is 12.5. The standard InChI is InChI=1S/C17H16N2O4/c1-17(21,12-6-3-2-4-7-12)11-18-16(20)13-10-15(23-19-13)14-8-5-9-22-14/h2-10,21H,11H2,1H3,(H,18,20). The second-order valence-corrected chi connectivity index (χ2v) is 5.38. The van der Waals surface area contributed by atoms with Crippen molar-refractivity contribution in [2.45, 2.75) is 12.5 Å². The molecule has 1 atom stereocenters. The Morgan fingerprint density at radius 2 is 2.00 bits per heavy atom. The Morgan fingerprint density at radius 1 is 1.22 bits per heavy atom. The molecule has 0 aliphatic rings.